The van der Waals surface area contributed by atoms with Crippen LogP contribution in [0.25, 0.3) is 11.3 Å². The van der Waals surface area contributed by atoms with Crippen LogP contribution in [0.2, 0.25) is 0 Å². The first-order chi connectivity index (χ1) is 14.4. The molecular weight excluding hydrogens is 478 g/mol. The van der Waals surface area contributed by atoms with Crippen LogP contribution >= 0.6 is 27.3 Å². The van der Waals surface area contributed by atoms with E-state index < -0.39 is 10.8 Å². The minimum atomic E-state index is -0.467. The van der Waals surface area contributed by atoms with Crippen LogP contribution in [0, 0.1) is 10.1 Å². The van der Waals surface area contributed by atoms with Gasteiger partial charge in [-0.25, -0.2) is 4.98 Å². The van der Waals surface area contributed by atoms with Crippen LogP contribution in [0.5, 0.6) is 17.2 Å². The second-order valence-corrected chi connectivity index (χ2v) is 7.45. The average Bonchev–Trinajstić information content (AvgIpc) is 3.21. The van der Waals surface area contributed by atoms with Crippen LogP contribution in [0.3, 0.4) is 0 Å². The first kappa shape index (κ1) is 21.5. The Labute approximate surface area is 183 Å². The fraction of sp³-hybridized carbons (Fsp3) is 0.158. The third kappa shape index (κ3) is 4.21. The highest BCUT2D eigenvalue weighted by Crippen LogP contribution is 2.45. The van der Waals surface area contributed by atoms with Crippen molar-refractivity contribution in [2.24, 2.45) is 0 Å². The van der Waals surface area contributed by atoms with E-state index in [-0.39, 0.29) is 11.3 Å². The number of aromatic nitrogens is 1. The van der Waals surface area contributed by atoms with Gasteiger partial charge < -0.3 is 14.2 Å². The minimum Gasteiger partial charge on any atom is -0.493 e. The maximum atomic E-state index is 12.8. The van der Waals surface area contributed by atoms with Gasteiger partial charge in [0, 0.05) is 23.1 Å². The van der Waals surface area contributed by atoms with Crippen LogP contribution in [0.15, 0.2) is 40.2 Å². The van der Waals surface area contributed by atoms with Gasteiger partial charge in [-0.15, -0.1) is 11.3 Å². The third-order valence-corrected chi connectivity index (χ3v) is 5.66. The summed E-state index contributed by atoms with van der Waals surface area (Å²) < 4.78 is 16.4. The zero-order valence-corrected chi connectivity index (χ0v) is 18.5. The lowest BCUT2D eigenvalue weighted by Gasteiger charge is -2.16. The highest BCUT2D eigenvalue weighted by molar-refractivity contribution is 9.10. The van der Waals surface area contributed by atoms with Gasteiger partial charge in [0.25, 0.3) is 11.6 Å². The van der Waals surface area contributed by atoms with E-state index in [1.807, 2.05) is 0 Å². The SMILES string of the molecule is COc1cc(C(=O)Nc2nc(-c3ccc([N+](=O)[O-])cc3)cs2)c(Br)c(OC)c1OC. The number of anilines is 1. The number of carbonyl (C=O) groups is 1. The Bertz CT molecular complexity index is 1100. The molecule has 1 heterocycles. The van der Waals surface area contributed by atoms with Crippen molar-refractivity contribution in [2.75, 3.05) is 26.6 Å². The second kappa shape index (κ2) is 9.09. The molecule has 0 fully saturated rings. The van der Waals surface area contributed by atoms with Gasteiger partial charge >= 0.3 is 0 Å². The summed E-state index contributed by atoms with van der Waals surface area (Å²) in [4.78, 5) is 27.5. The summed E-state index contributed by atoms with van der Waals surface area (Å²) in [7, 11) is 4.40. The zero-order valence-electron chi connectivity index (χ0n) is 16.1. The summed E-state index contributed by atoms with van der Waals surface area (Å²) in [6.45, 7) is 0. The first-order valence-electron chi connectivity index (χ1n) is 8.39. The molecule has 0 spiro atoms. The lowest BCUT2D eigenvalue weighted by molar-refractivity contribution is -0.384. The highest BCUT2D eigenvalue weighted by Gasteiger charge is 2.23. The van der Waals surface area contributed by atoms with Gasteiger partial charge in [0.1, 0.15) is 0 Å². The molecule has 0 radical (unpaired) electrons. The Balaban J connectivity index is 1.86. The Morgan fingerprint density at radius 2 is 1.80 bits per heavy atom. The third-order valence-electron chi connectivity index (χ3n) is 4.11. The van der Waals surface area contributed by atoms with Crippen molar-refractivity contribution in [3.8, 4) is 28.5 Å². The number of nitro groups is 1. The van der Waals surface area contributed by atoms with E-state index in [0.29, 0.717) is 38.1 Å². The number of halogens is 1. The Kier molecular flexibility index (Phi) is 6.53. The number of methoxy groups -OCH3 is 3. The minimum absolute atomic E-state index is 0.00486. The molecule has 156 valence electrons. The maximum Gasteiger partial charge on any atom is 0.269 e. The molecule has 0 atom stereocenters. The molecule has 9 nitrogen and oxygen atoms in total. The van der Waals surface area contributed by atoms with E-state index in [2.05, 4.69) is 26.2 Å². The fourth-order valence-electron chi connectivity index (χ4n) is 2.67. The van der Waals surface area contributed by atoms with E-state index >= 15 is 0 Å². The van der Waals surface area contributed by atoms with Crippen LogP contribution < -0.4 is 19.5 Å². The maximum absolute atomic E-state index is 12.8. The first-order valence-corrected chi connectivity index (χ1v) is 10.1. The molecule has 2 aromatic carbocycles. The van der Waals surface area contributed by atoms with Gasteiger partial charge in [-0.1, -0.05) is 0 Å². The quantitative estimate of drug-likeness (QED) is 0.372. The van der Waals surface area contributed by atoms with Crippen LogP contribution in [0.1, 0.15) is 10.4 Å². The molecule has 0 aliphatic heterocycles. The summed E-state index contributed by atoms with van der Waals surface area (Å²) >= 11 is 4.61. The number of hydrogen-bond donors (Lipinski definition) is 1. The van der Waals surface area contributed by atoms with Crippen LogP contribution in [-0.2, 0) is 0 Å². The Morgan fingerprint density at radius 3 is 2.37 bits per heavy atom. The lowest BCUT2D eigenvalue weighted by atomic mass is 10.1. The van der Waals surface area contributed by atoms with Gasteiger partial charge in [-0.05, 0) is 34.1 Å². The number of rotatable bonds is 7. The molecule has 3 aromatic rings. The summed E-state index contributed by atoms with van der Waals surface area (Å²) in [5.74, 6) is 0.602. The fourth-order valence-corrected chi connectivity index (χ4v) is 4.02. The number of hydrogen-bond acceptors (Lipinski definition) is 8. The zero-order chi connectivity index (χ0) is 21.8. The average molecular weight is 494 g/mol. The summed E-state index contributed by atoms with van der Waals surface area (Å²) in [5.41, 5.74) is 1.56. The molecule has 0 unspecified atom stereocenters. The van der Waals surface area contributed by atoms with Crippen molar-refractivity contribution in [3.05, 3.63) is 55.9 Å². The molecular formula is C19H16BrN3O6S. The molecule has 3 rings (SSSR count). The number of nitrogens with zero attached hydrogens (tertiary/aromatic N) is 2. The van der Waals surface area contributed by atoms with E-state index in [4.69, 9.17) is 14.2 Å². The van der Waals surface area contributed by atoms with Gasteiger partial charge in [0.05, 0.1) is 42.0 Å². The van der Waals surface area contributed by atoms with Crippen molar-refractivity contribution >= 4 is 44.0 Å². The topological polar surface area (TPSA) is 113 Å². The number of ether oxygens (including phenoxy) is 3. The Hall–Kier alpha value is -3.18. The molecule has 0 aliphatic rings. The van der Waals surface area contributed by atoms with E-state index in [1.165, 1.54) is 50.9 Å². The second-order valence-electron chi connectivity index (χ2n) is 5.80. The molecule has 0 aliphatic carbocycles. The van der Waals surface area contributed by atoms with Crippen LogP contribution in [0.4, 0.5) is 10.8 Å². The molecule has 1 amide bonds. The number of thiazole rings is 1. The molecule has 30 heavy (non-hydrogen) atoms. The van der Waals surface area contributed by atoms with E-state index in [1.54, 1.807) is 17.5 Å². The van der Waals surface area contributed by atoms with Gasteiger partial charge in [0.2, 0.25) is 5.75 Å². The van der Waals surface area contributed by atoms with Crippen molar-refractivity contribution in [1.29, 1.82) is 0 Å². The lowest BCUT2D eigenvalue weighted by Crippen LogP contribution is -2.13. The number of nitro benzene ring substituents is 1. The standard InChI is InChI=1S/C19H16BrN3O6S/c1-27-14-8-12(15(20)17(29-3)16(14)28-2)18(24)22-19-21-13(9-30-19)10-4-6-11(7-5-10)23(25)26/h4-9H,1-3H3,(H,21,22,24). The number of non-ortho nitro benzene ring substituents is 1. The largest absolute Gasteiger partial charge is 0.493 e. The van der Waals surface area contributed by atoms with E-state index in [9.17, 15) is 14.9 Å². The molecule has 0 saturated carbocycles. The molecule has 11 heteroatoms. The molecule has 0 saturated heterocycles. The monoisotopic (exact) mass is 493 g/mol. The predicted molar refractivity (Wildman–Crippen MR) is 116 cm³/mol. The molecule has 0 bridgehead atoms. The number of amides is 1. The van der Waals surface area contributed by atoms with Gasteiger partial charge in [-0.3, -0.25) is 20.2 Å². The number of benzene rings is 2. The smallest absolute Gasteiger partial charge is 0.269 e. The molecule has 1 aromatic heterocycles. The summed E-state index contributed by atoms with van der Waals surface area (Å²) in [5, 5.41) is 15.6. The van der Waals surface area contributed by atoms with E-state index in [0.717, 1.165) is 0 Å². The molecule has 1 N–H and O–H groups in total. The summed E-state index contributed by atoms with van der Waals surface area (Å²) in [6, 6.07) is 7.55. The van der Waals surface area contributed by atoms with Crippen LogP contribution in [-0.4, -0.2) is 37.1 Å². The van der Waals surface area contributed by atoms with Crippen molar-refractivity contribution < 1.29 is 23.9 Å². The van der Waals surface area contributed by atoms with Gasteiger partial charge in [-0.2, -0.15) is 0 Å². The van der Waals surface area contributed by atoms with Crippen molar-refractivity contribution in [1.82, 2.24) is 4.98 Å². The number of nitrogens with one attached hydrogen (secondary N) is 1. The summed E-state index contributed by atoms with van der Waals surface area (Å²) in [6.07, 6.45) is 0. The van der Waals surface area contributed by atoms with Gasteiger partial charge in [0.15, 0.2) is 16.6 Å². The highest BCUT2D eigenvalue weighted by atomic mass is 79.9. The Morgan fingerprint density at radius 1 is 1.13 bits per heavy atom. The predicted octanol–water partition coefficient (Wildman–Crippen LogP) is 4.76. The normalized spacial score (nSPS) is 10.4. The van der Waals surface area contributed by atoms with Crippen molar-refractivity contribution in [2.45, 2.75) is 0 Å². The number of carbonyl (C=O) groups excluding carboxylic acids is 1. The van der Waals surface area contributed by atoms with Crippen molar-refractivity contribution in [3.63, 3.8) is 0 Å².